The number of benzene rings is 1. The number of anilines is 1. The van der Waals surface area contributed by atoms with Crippen molar-refractivity contribution >= 4 is 44.7 Å². The van der Waals surface area contributed by atoms with Crippen LogP contribution in [0, 0.1) is 0 Å². The number of carbonyl (C=O) groups excluding carboxylic acids is 1. The highest BCUT2D eigenvalue weighted by Crippen LogP contribution is 2.35. The van der Waals surface area contributed by atoms with Gasteiger partial charge in [0.25, 0.3) is 0 Å². The van der Waals surface area contributed by atoms with Gasteiger partial charge in [-0.15, -0.1) is 11.3 Å². The van der Waals surface area contributed by atoms with Crippen molar-refractivity contribution in [3.63, 3.8) is 0 Å². The molecule has 0 bridgehead atoms. The normalized spacial score (nSPS) is 11.4. The first-order valence-electron chi connectivity index (χ1n) is 11.0. The van der Waals surface area contributed by atoms with Gasteiger partial charge in [-0.1, -0.05) is 6.07 Å². The Balaban J connectivity index is 1.46. The fourth-order valence-electron chi connectivity index (χ4n) is 4.10. The number of imidazole rings is 1. The number of nitrogens with one attached hydrogen (secondary N) is 2. The van der Waals surface area contributed by atoms with Gasteiger partial charge in [0.05, 0.1) is 34.0 Å². The van der Waals surface area contributed by atoms with Gasteiger partial charge in [0.1, 0.15) is 11.2 Å². The first kappa shape index (κ1) is 21.2. The Kier molecular flexibility index (Phi) is 4.93. The Labute approximate surface area is 204 Å². The summed E-state index contributed by atoms with van der Waals surface area (Å²) in [5, 5.41) is 8.64. The lowest BCUT2D eigenvalue weighted by molar-refractivity contribution is 0.102. The molecule has 9 heteroatoms. The molecule has 0 aliphatic heterocycles. The van der Waals surface area contributed by atoms with E-state index < -0.39 is 0 Å². The molecule has 0 spiro atoms. The highest BCUT2D eigenvalue weighted by atomic mass is 32.1. The minimum Gasteiger partial charge on any atom is -0.376 e. The molecule has 6 aromatic rings. The summed E-state index contributed by atoms with van der Waals surface area (Å²) in [5.41, 5.74) is 7.25. The lowest BCUT2D eigenvalue weighted by atomic mass is 10.0. The van der Waals surface area contributed by atoms with Crippen molar-refractivity contribution in [2.45, 2.75) is 6.92 Å². The summed E-state index contributed by atoms with van der Waals surface area (Å²) < 4.78 is 0. The van der Waals surface area contributed by atoms with Gasteiger partial charge in [-0.25, -0.2) is 4.98 Å². The van der Waals surface area contributed by atoms with E-state index >= 15 is 0 Å². The van der Waals surface area contributed by atoms with Crippen molar-refractivity contribution in [3.8, 4) is 33.1 Å². The Morgan fingerprint density at radius 3 is 2.60 bits per heavy atom. The van der Waals surface area contributed by atoms with E-state index in [2.05, 4.69) is 43.3 Å². The molecule has 0 saturated heterocycles. The number of thiophene rings is 1. The molecule has 6 rings (SSSR count). The lowest BCUT2D eigenvalue weighted by Crippen LogP contribution is -2.08. The van der Waals surface area contributed by atoms with Crippen LogP contribution < -0.4 is 4.90 Å². The van der Waals surface area contributed by atoms with E-state index in [0.29, 0.717) is 10.7 Å². The summed E-state index contributed by atoms with van der Waals surface area (Å²) >= 11 is 1.45. The standard InChI is InChI=1S/C26H21N7OS/c1-14(34)22-6-7-23(35-22)19-12-28-13-21-24(19)30-26(29-21)25-18-9-15(4-5-20(18)31-32-25)16-8-17(33(2)3)11-27-10-16/h4-13H,1-3H3,(H,29,30)(H,31,32). The van der Waals surface area contributed by atoms with Gasteiger partial charge in [0, 0.05) is 47.9 Å². The van der Waals surface area contributed by atoms with Crippen LogP contribution in [-0.4, -0.2) is 50.0 Å². The number of carbonyl (C=O) groups is 1. The van der Waals surface area contributed by atoms with Crippen molar-refractivity contribution in [3.05, 3.63) is 66.1 Å². The molecular weight excluding hydrogens is 458 g/mol. The molecule has 2 N–H and O–H groups in total. The zero-order chi connectivity index (χ0) is 24.1. The maximum Gasteiger partial charge on any atom is 0.169 e. The minimum atomic E-state index is 0.0502. The number of nitrogens with zero attached hydrogens (tertiary/aromatic N) is 5. The molecule has 0 saturated carbocycles. The van der Waals surface area contributed by atoms with E-state index in [4.69, 9.17) is 4.98 Å². The number of hydrogen-bond donors (Lipinski definition) is 2. The molecule has 0 amide bonds. The number of Topliss-reactive ketones (excluding diaryl/α,β-unsaturated/α-hetero) is 1. The zero-order valence-electron chi connectivity index (χ0n) is 19.3. The van der Waals surface area contributed by atoms with Crippen LogP contribution in [0.4, 0.5) is 5.69 Å². The van der Waals surface area contributed by atoms with E-state index in [-0.39, 0.29) is 5.78 Å². The number of aromatic amines is 2. The summed E-state index contributed by atoms with van der Waals surface area (Å²) in [7, 11) is 4.00. The van der Waals surface area contributed by atoms with Crippen LogP contribution in [0.15, 0.2) is 61.2 Å². The number of aromatic nitrogens is 6. The zero-order valence-corrected chi connectivity index (χ0v) is 20.1. The monoisotopic (exact) mass is 479 g/mol. The summed E-state index contributed by atoms with van der Waals surface area (Å²) in [6.45, 7) is 1.57. The molecule has 0 fully saturated rings. The van der Waals surface area contributed by atoms with E-state index in [0.717, 1.165) is 54.9 Å². The molecule has 0 aliphatic rings. The molecule has 0 aliphatic carbocycles. The third-order valence-electron chi connectivity index (χ3n) is 5.97. The van der Waals surface area contributed by atoms with Gasteiger partial charge in [-0.05, 0) is 42.8 Å². The number of rotatable bonds is 5. The van der Waals surface area contributed by atoms with E-state index in [1.54, 1.807) is 19.3 Å². The summed E-state index contributed by atoms with van der Waals surface area (Å²) in [4.78, 5) is 32.5. The third-order valence-corrected chi connectivity index (χ3v) is 7.19. The van der Waals surface area contributed by atoms with Gasteiger partial charge < -0.3 is 9.88 Å². The molecular formula is C26H21N7OS. The van der Waals surface area contributed by atoms with Crippen LogP contribution in [0.5, 0.6) is 0 Å². The van der Waals surface area contributed by atoms with Crippen LogP contribution in [0.2, 0.25) is 0 Å². The number of ketones is 1. The van der Waals surface area contributed by atoms with Gasteiger partial charge in [-0.2, -0.15) is 5.10 Å². The highest BCUT2D eigenvalue weighted by Gasteiger charge is 2.17. The number of H-pyrrole nitrogens is 2. The molecule has 0 radical (unpaired) electrons. The van der Waals surface area contributed by atoms with Crippen LogP contribution in [0.25, 0.3) is 55.0 Å². The van der Waals surface area contributed by atoms with Crippen LogP contribution in [0.3, 0.4) is 0 Å². The minimum absolute atomic E-state index is 0.0502. The van der Waals surface area contributed by atoms with Crippen molar-refractivity contribution in [2.24, 2.45) is 0 Å². The molecule has 172 valence electrons. The summed E-state index contributed by atoms with van der Waals surface area (Å²) in [6, 6.07) is 12.1. The molecule has 35 heavy (non-hydrogen) atoms. The SMILES string of the molecule is CC(=O)c1ccc(-c2cncc3[nH]c(-c4n[nH]c5ccc(-c6cncc(N(C)C)c6)cc45)nc23)s1. The highest BCUT2D eigenvalue weighted by molar-refractivity contribution is 7.17. The van der Waals surface area contributed by atoms with Gasteiger partial charge in [0.2, 0.25) is 0 Å². The topological polar surface area (TPSA) is 103 Å². The van der Waals surface area contributed by atoms with Crippen LogP contribution in [0.1, 0.15) is 16.6 Å². The summed E-state index contributed by atoms with van der Waals surface area (Å²) in [5.74, 6) is 0.704. The average molecular weight is 480 g/mol. The van der Waals surface area contributed by atoms with E-state index in [1.165, 1.54) is 11.3 Å². The molecule has 0 atom stereocenters. The number of fused-ring (bicyclic) bond motifs is 2. The second kappa shape index (κ2) is 8.14. The summed E-state index contributed by atoms with van der Waals surface area (Å²) in [6.07, 6.45) is 7.25. The largest absolute Gasteiger partial charge is 0.376 e. The van der Waals surface area contributed by atoms with Crippen LogP contribution >= 0.6 is 11.3 Å². The Hall–Kier alpha value is -4.37. The molecule has 8 nitrogen and oxygen atoms in total. The first-order valence-corrected chi connectivity index (χ1v) is 11.9. The second-order valence-corrected chi connectivity index (χ2v) is 9.63. The Bertz CT molecular complexity index is 1730. The second-order valence-electron chi connectivity index (χ2n) is 8.55. The average Bonchev–Trinajstić information content (AvgIpc) is 3.61. The molecule has 0 unspecified atom stereocenters. The Morgan fingerprint density at radius 1 is 0.943 bits per heavy atom. The fraction of sp³-hybridized carbons (Fsp3) is 0.115. The van der Waals surface area contributed by atoms with Gasteiger partial charge in [0.15, 0.2) is 11.6 Å². The number of pyridine rings is 2. The van der Waals surface area contributed by atoms with Gasteiger partial charge >= 0.3 is 0 Å². The fourth-order valence-corrected chi connectivity index (χ4v) is 5.01. The Morgan fingerprint density at radius 2 is 1.80 bits per heavy atom. The maximum absolute atomic E-state index is 11.8. The molecule has 5 heterocycles. The van der Waals surface area contributed by atoms with Crippen molar-refractivity contribution in [2.75, 3.05) is 19.0 Å². The maximum atomic E-state index is 11.8. The quantitative estimate of drug-likeness (QED) is 0.314. The molecule has 1 aromatic carbocycles. The number of hydrogen-bond acceptors (Lipinski definition) is 7. The van der Waals surface area contributed by atoms with Crippen molar-refractivity contribution in [1.82, 2.24) is 30.1 Å². The van der Waals surface area contributed by atoms with Crippen molar-refractivity contribution < 1.29 is 4.79 Å². The third kappa shape index (κ3) is 3.66. The predicted molar refractivity (Wildman–Crippen MR) is 140 cm³/mol. The van der Waals surface area contributed by atoms with E-state index in [9.17, 15) is 4.79 Å². The van der Waals surface area contributed by atoms with Gasteiger partial charge in [-0.3, -0.25) is 19.9 Å². The van der Waals surface area contributed by atoms with Crippen molar-refractivity contribution in [1.29, 1.82) is 0 Å². The first-order chi connectivity index (χ1) is 17.0. The predicted octanol–water partition coefficient (Wildman–Crippen LogP) is 5.56. The van der Waals surface area contributed by atoms with E-state index in [1.807, 2.05) is 49.6 Å². The molecule has 5 aromatic heterocycles. The lowest BCUT2D eigenvalue weighted by Gasteiger charge is -2.13. The smallest absolute Gasteiger partial charge is 0.169 e. The van der Waals surface area contributed by atoms with Crippen LogP contribution in [-0.2, 0) is 0 Å².